The Bertz CT molecular complexity index is 1100. The normalized spacial score (nSPS) is 28.5. The van der Waals surface area contributed by atoms with Crippen LogP contribution in [0.5, 0.6) is 0 Å². The number of nitrogens with two attached hydrogens (primary N) is 1. The fourth-order valence-electron chi connectivity index (χ4n) is 2.71. The molecule has 0 aromatic carbocycles. The number of hydrogen-bond donors (Lipinski definition) is 7. The second kappa shape index (κ2) is 8.57. The van der Waals surface area contributed by atoms with Crippen molar-refractivity contribution in [1.29, 1.82) is 0 Å². The van der Waals surface area contributed by atoms with Gasteiger partial charge in [-0.05, 0) is 6.07 Å². The average Bonchev–Trinajstić information content (AvgIpc) is 3.13. The Labute approximate surface area is 172 Å². The first-order chi connectivity index (χ1) is 14.2. The molecular formula is C11H17N4O13P3. The molecule has 1 fully saturated rings. The van der Waals surface area contributed by atoms with Crippen LogP contribution >= 0.6 is 23.5 Å². The quantitative estimate of drug-likeness (QED) is 0.211. The van der Waals surface area contributed by atoms with Crippen LogP contribution in [0.1, 0.15) is 6.23 Å². The third-order valence-electron chi connectivity index (χ3n) is 3.92. The predicted molar refractivity (Wildman–Crippen MR) is 97.7 cm³/mol. The summed E-state index contributed by atoms with van der Waals surface area (Å²) in [7, 11) is -16.7. The third-order valence-corrected chi connectivity index (χ3v) is 7.72. The van der Waals surface area contributed by atoms with Gasteiger partial charge in [0.05, 0.1) is 18.6 Å². The Kier molecular flexibility index (Phi) is 6.73. The summed E-state index contributed by atoms with van der Waals surface area (Å²) in [6.45, 7) is -0.944. The number of hydrogen-bond acceptors (Lipinski definition) is 12. The maximum Gasteiger partial charge on any atom is 0.490 e. The summed E-state index contributed by atoms with van der Waals surface area (Å²) in [4.78, 5) is 43.7. The number of ether oxygens (including phenoxy) is 1. The minimum Gasteiger partial charge on any atom is -0.397 e. The van der Waals surface area contributed by atoms with E-state index in [4.69, 9.17) is 25.2 Å². The molecular weight excluding hydrogens is 489 g/mol. The zero-order chi connectivity index (χ0) is 23.2. The molecule has 20 heteroatoms. The van der Waals surface area contributed by atoms with E-state index in [1.165, 1.54) is 23.2 Å². The van der Waals surface area contributed by atoms with Gasteiger partial charge in [-0.15, -0.1) is 0 Å². The van der Waals surface area contributed by atoms with Gasteiger partial charge in [0.25, 0.3) is 0 Å². The predicted octanol–water partition coefficient (Wildman–Crippen LogP) is -1.02. The zero-order valence-electron chi connectivity index (χ0n) is 15.1. The van der Waals surface area contributed by atoms with Crippen molar-refractivity contribution >= 4 is 40.3 Å². The number of anilines is 1. The average molecular weight is 506 g/mol. The Morgan fingerprint density at radius 1 is 1.06 bits per heavy atom. The van der Waals surface area contributed by atoms with Crippen LogP contribution in [0.4, 0.5) is 5.69 Å². The van der Waals surface area contributed by atoms with E-state index in [2.05, 4.69) is 23.1 Å². The molecule has 0 aliphatic carbocycles. The molecule has 0 spiro atoms. The van der Waals surface area contributed by atoms with Crippen LogP contribution in [-0.4, -0.2) is 69.2 Å². The number of aliphatic hydroxyl groups excluding tert-OH is 2. The highest BCUT2D eigenvalue weighted by Gasteiger charge is 2.46. The van der Waals surface area contributed by atoms with Crippen molar-refractivity contribution in [2.24, 2.45) is 0 Å². The summed E-state index contributed by atoms with van der Waals surface area (Å²) < 4.78 is 52.0. The van der Waals surface area contributed by atoms with E-state index in [0.29, 0.717) is 11.2 Å². The van der Waals surface area contributed by atoms with Crippen molar-refractivity contribution in [2.75, 3.05) is 12.3 Å². The molecule has 1 aliphatic heterocycles. The number of phosphoric ester groups is 1. The van der Waals surface area contributed by atoms with E-state index < -0.39 is 54.6 Å². The van der Waals surface area contributed by atoms with Gasteiger partial charge in [0.15, 0.2) is 11.9 Å². The summed E-state index contributed by atoms with van der Waals surface area (Å²) >= 11 is 0. The summed E-state index contributed by atoms with van der Waals surface area (Å²) in [5.74, 6) is 0. The molecule has 3 rings (SSSR count). The van der Waals surface area contributed by atoms with Crippen LogP contribution in [0.15, 0.2) is 18.6 Å². The molecule has 6 atom stereocenters. The summed E-state index contributed by atoms with van der Waals surface area (Å²) in [5.41, 5.74) is 6.58. The van der Waals surface area contributed by atoms with E-state index in [1.807, 2.05) is 0 Å². The number of nitrogen functional groups attached to an aromatic ring is 1. The standard InChI is InChI=1S/C11H17N4O13P3/c12-5-1-2-13-10-7(5)14-4-15(10)11-9(17)8(16)6(26-11)3-25-30(21,22)28-31(23,24)27-29(18,19)20/h1-2,4,6,8-9,11,16-17H,3H2,(H2,12,13)(H,21,22)(H,23,24)(H2,18,19,20). The van der Waals surface area contributed by atoms with E-state index in [1.54, 1.807) is 0 Å². The van der Waals surface area contributed by atoms with E-state index >= 15 is 0 Å². The molecule has 1 saturated heterocycles. The monoisotopic (exact) mass is 506 g/mol. The smallest absolute Gasteiger partial charge is 0.397 e. The highest BCUT2D eigenvalue weighted by atomic mass is 31.3. The second-order valence-electron chi connectivity index (χ2n) is 6.16. The van der Waals surface area contributed by atoms with Crippen LogP contribution in [0, 0.1) is 0 Å². The maximum atomic E-state index is 11.8. The minimum absolute atomic E-state index is 0.213. The molecule has 174 valence electrons. The molecule has 31 heavy (non-hydrogen) atoms. The lowest BCUT2D eigenvalue weighted by Crippen LogP contribution is -2.33. The number of rotatable bonds is 8. The fraction of sp³-hybridized carbons (Fsp3) is 0.455. The van der Waals surface area contributed by atoms with Gasteiger partial charge in [0.1, 0.15) is 23.8 Å². The van der Waals surface area contributed by atoms with Crippen molar-refractivity contribution < 1.29 is 61.4 Å². The number of fused-ring (bicyclic) bond motifs is 1. The number of imidazole rings is 1. The molecule has 0 amide bonds. The molecule has 0 saturated carbocycles. The lowest BCUT2D eigenvalue weighted by molar-refractivity contribution is -0.0503. The van der Waals surface area contributed by atoms with Crippen molar-refractivity contribution in [3.8, 4) is 0 Å². The highest BCUT2D eigenvalue weighted by molar-refractivity contribution is 7.66. The van der Waals surface area contributed by atoms with Gasteiger partial charge in [-0.1, -0.05) is 0 Å². The second-order valence-corrected chi connectivity index (χ2v) is 10.6. The molecule has 8 N–H and O–H groups in total. The van der Waals surface area contributed by atoms with Crippen molar-refractivity contribution in [3.05, 3.63) is 18.6 Å². The Balaban J connectivity index is 1.69. The van der Waals surface area contributed by atoms with Gasteiger partial charge in [-0.25, -0.2) is 23.7 Å². The summed E-state index contributed by atoms with van der Waals surface area (Å²) in [6, 6.07) is 1.49. The van der Waals surface area contributed by atoms with Crippen LogP contribution in [-0.2, 0) is 31.6 Å². The first-order valence-corrected chi connectivity index (χ1v) is 12.6. The van der Waals surface area contributed by atoms with Gasteiger partial charge < -0.3 is 40.3 Å². The number of phosphoric acid groups is 3. The van der Waals surface area contributed by atoms with Crippen LogP contribution < -0.4 is 5.73 Å². The molecule has 0 radical (unpaired) electrons. The zero-order valence-corrected chi connectivity index (χ0v) is 17.7. The minimum atomic E-state index is -5.69. The molecule has 1 aliphatic rings. The molecule has 3 heterocycles. The van der Waals surface area contributed by atoms with E-state index in [9.17, 15) is 28.8 Å². The molecule has 2 aromatic rings. The van der Waals surface area contributed by atoms with Gasteiger partial charge in [0, 0.05) is 6.20 Å². The Hall–Kier alpha value is -1.29. The SMILES string of the molecule is Nc1ccnc2c1ncn2C1OC(COP(=O)(O)OP(=O)(O)OP(=O)(O)O)C(O)C1O. The van der Waals surface area contributed by atoms with Gasteiger partial charge >= 0.3 is 23.5 Å². The number of pyridine rings is 1. The maximum absolute atomic E-state index is 11.8. The molecule has 2 aromatic heterocycles. The van der Waals surface area contributed by atoms with Crippen LogP contribution in [0.25, 0.3) is 11.2 Å². The molecule has 0 bridgehead atoms. The first kappa shape index (κ1) is 24.4. The Morgan fingerprint density at radius 2 is 1.74 bits per heavy atom. The summed E-state index contributed by atoms with van der Waals surface area (Å²) in [5, 5.41) is 20.4. The molecule has 6 unspecified atom stereocenters. The van der Waals surface area contributed by atoms with Gasteiger partial charge in [-0.3, -0.25) is 9.09 Å². The number of aliphatic hydroxyl groups is 2. The van der Waals surface area contributed by atoms with Gasteiger partial charge in [0.2, 0.25) is 0 Å². The van der Waals surface area contributed by atoms with Gasteiger partial charge in [-0.2, -0.15) is 8.62 Å². The van der Waals surface area contributed by atoms with Crippen molar-refractivity contribution in [3.63, 3.8) is 0 Å². The highest BCUT2D eigenvalue weighted by Crippen LogP contribution is 2.66. The van der Waals surface area contributed by atoms with Crippen molar-refractivity contribution in [1.82, 2.24) is 14.5 Å². The lowest BCUT2D eigenvalue weighted by atomic mass is 10.1. The van der Waals surface area contributed by atoms with E-state index in [-0.39, 0.29) is 5.65 Å². The largest absolute Gasteiger partial charge is 0.490 e. The fourth-order valence-corrected chi connectivity index (χ4v) is 5.74. The van der Waals surface area contributed by atoms with Crippen LogP contribution in [0.3, 0.4) is 0 Å². The van der Waals surface area contributed by atoms with E-state index in [0.717, 1.165) is 0 Å². The first-order valence-electron chi connectivity index (χ1n) is 8.06. The molecule has 17 nitrogen and oxygen atoms in total. The number of nitrogens with zero attached hydrogens (tertiary/aromatic N) is 3. The summed E-state index contributed by atoms with van der Waals surface area (Å²) in [6.07, 6.45) is -3.32. The Morgan fingerprint density at radius 3 is 2.39 bits per heavy atom. The van der Waals surface area contributed by atoms with Crippen LogP contribution in [0.2, 0.25) is 0 Å². The number of aromatic nitrogens is 3. The van der Waals surface area contributed by atoms with Crippen molar-refractivity contribution in [2.45, 2.75) is 24.5 Å². The lowest BCUT2D eigenvalue weighted by Gasteiger charge is -2.19. The third kappa shape index (κ3) is 5.74. The topological polar surface area (TPSA) is 266 Å².